The van der Waals surface area contributed by atoms with E-state index in [-0.39, 0.29) is 21.7 Å². The molecule has 6 aromatic carbocycles. The zero-order valence-electron chi connectivity index (χ0n) is 26.9. The fourth-order valence-corrected chi connectivity index (χ4v) is 8.64. The SMILES string of the molecule is CC(C)(C)c1cc2c3c(c4cc(C(C)(C)C)cc5c6c(c(c1)c2c45)-c1ccccc1C6(C)C)C(C)(C)c1ccccc1-3. The van der Waals surface area contributed by atoms with Crippen LogP contribution in [0.1, 0.15) is 103 Å². The zero-order chi connectivity index (χ0) is 29.7. The molecule has 6 aromatic rings. The summed E-state index contributed by atoms with van der Waals surface area (Å²) in [6.45, 7) is 24.0. The highest BCUT2D eigenvalue weighted by atomic mass is 14.5. The third-order valence-electron chi connectivity index (χ3n) is 10.8. The van der Waals surface area contributed by atoms with Gasteiger partial charge in [-0.2, -0.15) is 0 Å². The van der Waals surface area contributed by atoms with E-state index >= 15 is 0 Å². The maximum Gasteiger partial charge on any atom is 0.0165 e. The third-order valence-corrected chi connectivity index (χ3v) is 10.8. The Labute approximate surface area is 251 Å². The van der Waals surface area contributed by atoms with E-state index in [1.807, 2.05) is 0 Å². The fraction of sp³-hybridized carbons (Fsp3) is 0.333. The van der Waals surface area contributed by atoms with Crippen molar-refractivity contribution in [3.05, 3.63) is 106 Å². The van der Waals surface area contributed by atoms with Gasteiger partial charge in [0.2, 0.25) is 0 Å². The van der Waals surface area contributed by atoms with E-state index < -0.39 is 0 Å². The second-order valence-corrected chi connectivity index (χ2v) is 16.2. The van der Waals surface area contributed by atoms with Gasteiger partial charge in [0, 0.05) is 10.8 Å². The lowest BCUT2D eigenvalue weighted by Gasteiger charge is -2.31. The van der Waals surface area contributed by atoms with Crippen molar-refractivity contribution in [3.8, 4) is 22.3 Å². The Morgan fingerprint density at radius 2 is 0.786 bits per heavy atom. The van der Waals surface area contributed by atoms with Crippen molar-refractivity contribution < 1.29 is 0 Å². The molecule has 0 spiro atoms. The minimum atomic E-state index is -0.0887. The Hall–Kier alpha value is -3.64. The first-order valence-corrected chi connectivity index (χ1v) is 15.7. The van der Waals surface area contributed by atoms with Gasteiger partial charge in [0.1, 0.15) is 0 Å². The molecular formula is C42H42. The first-order chi connectivity index (χ1) is 19.6. The fourth-order valence-electron chi connectivity index (χ4n) is 8.64. The van der Waals surface area contributed by atoms with Crippen LogP contribution in [-0.4, -0.2) is 0 Å². The molecule has 0 aromatic heterocycles. The molecule has 0 saturated heterocycles. The van der Waals surface area contributed by atoms with E-state index in [9.17, 15) is 0 Å². The number of rotatable bonds is 0. The summed E-state index contributed by atoms with van der Waals surface area (Å²) in [6.07, 6.45) is 0. The average Bonchev–Trinajstić information content (AvgIpc) is 3.31. The molecule has 2 aliphatic carbocycles. The maximum absolute atomic E-state index is 2.56. The topological polar surface area (TPSA) is 0 Å². The van der Waals surface area contributed by atoms with Gasteiger partial charge in [-0.1, -0.05) is 130 Å². The summed E-state index contributed by atoms with van der Waals surface area (Å²) in [4.78, 5) is 0. The summed E-state index contributed by atoms with van der Waals surface area (Å²) in [7, 11) is 0. The van der Waals surface area contributed by atoms with Gasteiger partial charge in [0.05, 0.1) is 0 Å². The van der Waals surface area contributed by atoms with Crippen molar-refractivity contribution in [1.29, 1.82) is 0 Å². The summed E-state index contributed by atoms with van der Waals surface area (Å²) in [5.41, 5.74) is 14.4. The maximum atomic E-state index is 2.56. The molecule has 0 fully saturated rings. The van der Waals surface area contributed by atoms with Crippen LogP contribution in [0, 0.1) is 0 Å². The van der Waals surface area contributed by atoms with Gasteiger partial charge >= 0.3 is 0 Å². The van der Waals surface area contributed by atoms with Crippen LogP contribution in [0.15, 0.2) is 72.8 Å². The monoisotopic (exact) mass is 546 g/mol. The molecule has 0 radical (unpaired) electrons. The second-order valence-electron chi connectivity index (χ2n) is 16.2. The molecule has 0 amide bonds. The van der Waals surface area contributed by atoms with E-state index in [0.717, 1.165) is 0 Å². The van der Waals surface area contributed by atoms with Crippen LogP contribution >= 0.6 is 0 Å². The smallest absolute Gasteiger partial charge is 0.0165 e. The predicted molar refractivity (Wildman–Crippen MR) is 183 cm³/mol. The van der Waals surface area contributed by atoms with Gasteiger partial charge in [-0.15, -0.1) is 0 Å². The van der Waals surface area contributed by atoms with Crippen LogP contribution in [0.2, 0.25) is 0 Å². The van der Waals surface area contributed by atoms with Crippen LogP contribution < -0.4 is 0 Å². The molecule has 0 N–H and O–H groups in total. The quantitative estimate of drug-likeness (QED) is 0.166. The lowest BCUT2D eigenvalue weighted by atomic mass is 9.72. The minimum absolute atomic E-state index is 0.0326. The molecule has 0 heterocycles. The van der Waals surface area contributed by atoms with Crippen LogP contribution in [0.25, 0.3) is 54.6 Å². The molecule has 0 bridgehead atoms. The molecule has 210 valence electrons. The van der Waals surface area contributed by atoms with Crippen LogP contribution in [0.3, 0.4) is 0 Å². The van der Waals surface area contributed by atoms with Crippen molar-refractivity contribution in [2.24, 2.45) is 0 Å². The minimum Gasteiger partial charge on any atom is -0.0619 e. The summed E-state index contributed by atoms with van der Waals surface area (Å²) in [5, 5.41) is 8.67. The molecule has 2 aliphatic rings. The molecular weight excluding hydrogens is 504 g/mol. The van der Waals surface area contributed by atoms with Crippen LogP contribution in [0.5, 0.6) is 0 Å². The van der Waals surface area contributed by atoms with Gasteiger partial charge in [0.15, 0.2) is 0 Å². The normalized spacial score (nSPS) is 16.7. The van der Waals surface area contributed by atoms with E-state index in [4.69, 9.17) is 0 Å². The summed E-state index contributed by atoms with van der Waals surface area (Å²) in [6, 6.07) is 28.6. The Morgan fingerprint density at radius 1 is 0.452 bits per heavy atom. The van der Waals surface area contributed by atoms with E-state index in [1.54, 1.807) is 0 Å². The Morgan fingerprint density at radius 3 is 1.17 bits per heavy atom. The number of hydrogen-bond donors (Lipinski definition) is 0. The van der Waals surface area contributed by atoms with Crippen molar-refractivity contribution >= 4 is 32.3 Å². The molecule has 0 heteroatoms. The Balaban J connectivity index is 1.75. The van der Waals surface area contributed by atoms with Crippen molar-refractivity contribution in [2.75, 3.05) is 0 Å². The summed E-state index contributed by atoms with van der Waals surface area (Å²) >= 11 is 0. The second kappa shape index (κ2) is 7.65. The molecule has 0 unspecified atom stereocenters. The first kappa shape index (κ1) is 26.0. The standard InChI is InChI=1S/C42H42/c1-39(2,3)23-19-27-33-28(20-23)36-26-16-12-14-18-32(26)42(9,10)38(36)30-22-24(40(4,5)6)21-29(34(30)33)37-35(27)25-15-11-13-17-31(25)41(37,7)8/h11-22H,1-10H3. The molecule has 0 aliphatic heterocycles. The highest BCUT2D eigenvalue weighted by molar-refractivity contribution is 6.33. The Kier molecular flexibility index (Phi) is 4.74. The zero-order valence-corrected chi connectivity index (χ0v) is 26.9. The number of benzene rings is 6. The van der Waals surface area contributed by atoms with Crippen molar-refractivity contribution in [2.45, 2.75) is 90.9 Å². The molecule has 0 saturated carbocycles. The molecule has 0 atom stereocenters. The number of hydrogen-bond acceptors (Lipinski definition) is 0. The van der Waals surface area contributed by atoms with Gasteiger partial charge in [0.25, 0.3) is 0 Å². The van der Waals surface area contributed by atoms with Gasteiger partial charge in [-0.05, 0) is 111 Å². The van der Waals surface area contributed by atoms with Crippen LogP contribution in [-0.2, 0) is 21.7 Å². The van der Waals surface area contributed by atoms with Gasteiger partial charge in [-0.3, -0.25) is 0 Å². The van der Waals surface area contributed by atoms with Crippen molar-refractivity contribution in [3.63, 3.8) is 0 Å². The van der Waals surface area contributed by atoms with Crippen molar-refractivity contribution in [1.82, 2.24) is 0 Å². The largest absolute Gasteiger partial charge is 0.0619 e. The highest BCUT2D eigenvalue weighted by Crippen LogP contribution is 2.61. The lowest BCUT2D eigenvalue weighted by molar-refractivity contribution is 0.590. The highest BCUT2D eigenvalue weighted by Gasteiger charge is 2.43. The number of fused-ring (bicyclic) bond motifs is 10. The molecule has 0 nitrogen and oxygen atoms in total. The van der Waals surface area contributed by atoms with E-state index in [0.29, 0.717) is 0 Å². The van der Waals surface area contributed by atoms with Gasteiger partial charge < -0.3 is 0 Å². The average molecular weight is 547 g/mol. The summed E-state index contributed by atoms with van der Waals surface area (Å²) in [5.74, 6) is 0. The lowest BCUT2D eigenvalue weighted by Crippen LogP contribution is -2.19. The van der Waals surface area contributed by atoms with Gasteiger partial charge in [-0.25, -0.2) is 0 Å². The summed E-state index contributed by atoms with van der Waals surface area (Å²) < 4.78 is 0. The molecule has 8 rings (SSSR count). The van der Waals surface area contributed by atoms with Crippen LogP contribution in [0.4, 0.5) is 0 Å². The third kappa shape index (κ3) is 3.04. The molecule has 42 heavy (non-hydrogen) atoms. The first-order valence-electron chi connectivity index (χ1n) is 15.7. The van der Waals surface area contributed by atoms with E-state index in [2.05, 4.69) is 142 Å². The Bertz CT molecular complexity index is 2000. The predicted octanol–water partition coefficient (Wildman–Crippen LogP) is 11.8. The van der Waals surface area contributed by atoms with E-state index in [1.165, 1.54) is 88.0 Å².